The third-order valence-corrected chi connectivity index (χ3v) is 3.66. The maximum Gasteiger partial charge on any atom is 0.255 e. The largest absolute Gasteiger partial charge is 0.506 e. The number of carbonyl (C=O) groups excluding carboxylic acids is 1. The molecule has 4 N–H and O–H groups in total. The molecule has 0 spiro atoms. The third-order valence-electron chi connectivity index (χ3n) is 2.45. The highest BCUT2D eigenvalue weighted by Gasteiger charge is 2.09. The lowest BCUT2D eigenvalue weighted by Gasteiger charge is -2.08. The zero-order valence-corrected chi connectivity index (χ0v) is 12.8. The second kappa shape index (κ2) is 5.63. The van der Waals surface area contributed by atoms with Crippen LogP contribution in [0.3, 0.4) is 0 Å². The van der Waals surface area contributed by atoms with Gasteiger partial charge in [0.2, 0.25) is 0 Å². The second-order valence-electron chi connectivity index (χ2n) is 3.86. The molecule has 0 unspecified atom stereocenters. The molecule has 0 fully saturated rings. The van der Waals surface area contributed by atoms with Crippen LogP contribution in [0.15, 0.2) is 45.3 Å². The topological polar surface area (TPSA) is 75.4 Å². The van der Waals surface area contributed by atoms with E-state index in [1.807, 2.05) is 0 Å². The molecular weight excluding hydrogens is 376 g/mol. The van der Waals surface area contributed by atoms with Gasteiger partial charge in [0.05, 0.1) is 8.95 Å². The fourth-order valence-corrected chi connectivity index (χ4v) is 2.66. The van der Waals surface area contributed by atoms with Crippen LogP contribution in [0, 0.1) is 0 Å². The van der Waals surface area contributed by atoms with E-state index in [1.165, 1.54) is 0 Å². The predicted molar refractivity (Wildman–Crippen MR) is 82.3 cm³/mol. The van der Waals surface area contributed by atoms with Crippen molar-refractivity contribution in [3.63, 3.8) is 0 Å². The molecule has 2 aromatic carbocycles. The molecule has 0 atom stereocenters. The van der Waals surface area contributed by atoms with Gasteiger partial charge in [0.1, 0.15) is 5.75 Å². The SMILES string of the molecule is Nc1ccc(C(=O)Nc2cc(Br)c(O)c(Br)c2)cc1. The van der Waals surface area contributed by atoms with Crippen LogP contribution < -0.4 is 11.1 Å². The molecule has 0 saturated heterocycles. The van der Waals surface area contributed by atoms with Crippen LogP contribution in [-0.2, 0) is 0 Å². The molecule has 0 aliphatic carbocycles. The Bertz CT molecular complexity index is 604. The number of halogens is 2. The van der Waals surface area contributed by atoms with Crippen LogP contribution in [0.4, 0.5) is 11.4 Å². The molecule has 0 heterocycles. The summed E-state index contributed by atoms with van der Waals surface area (Å²) in [5.74, 6) is -0.157. The number of anilines is 2. The molecule has 1 amide bonds. The van der Waals surface area contributed by atoms with Crippen molar-refractivity contribution in [2.75, 3.05) is 11.1 Å². The van der Waals surface area contributed by atoms with Crippen molar-refractivity contribution in [3.05, 3.63) is 50.9 Å². The lowest BCUT2D eigenvalue weighted by Crippen LogP contribution is -2.11. The van der Waals surface area contributed by atoms with Crippen LogP contribution in [0.2, 0.25) is 0 Å². The molecule has 98 valence electrons. The molecular formula is C13H10Br2N2O2. The van der Waals surface area contributed by atoms with Crippen molar-refractivity contribution in [2.24, 2.45) is 0 Å². The first kappa shape index (κ1) is 13.9. The van der Waals surface area contributed by atoms with Gasteiger partial charge in [-0.25, -0.2) is 0 Å². The summed E-state index contributed by atoms with van der Waals surface area (Å²) in [5.41, 5.74) is 7.24. The maximum absolute atomic E-state index is 12.0. The molecule has 0 aliphatic heterocycles. The van der Waals surface area contributed by atoms with Gasteiger partial charge in [0.25, 0.3) is 5.91 Å². The van der Waals surface area contributed by atoms with E-state index in [-0.39, 0.29) is 11.7 Å². The fraction of sp³-hybridized carbons (Fsp3) is 0. The first-order chi connectivity index (χ1) is 8.97. The molecule has 0 saturated carbocycles. The van der Waals surface area contributed by atoms with E-state index in [0.29, 0.717) is 25.9 Å². The summed E-state index contributed by atoms with van der Waals surface area (Å²) in [7, 11) is 0. The summed E-state index contributed by atoms with van der Waals surface area (Å²) in [6.45, 7) is 0. The molecule has 19 heavy (non-hydrogen) atoms. The fourth-order valence-electron chi connectivity index (χ4n) is 1.48. The van der Waals surface area contributed by atoms with Crippen LogP contribution in [0.5, 0.6) is 5.75 Å². The van der Waals surface area contributed by atoms with Gasteiger partial charge in [-0.15, -0.1) is 0 Å². The van der Waals surface area contributed by atoms with E-state index in [1.54, 1.807) is 36.4 Å². The molecule has 0 bridgehead atoms. The minimum absolute atomic E-state index is 0.0884. The molecule has 0 radical (unpaired) electrons. The number of hydrogen-bond acceptors (Lipinski definition) is 3. The number of carbonyl (C=O) groups is 1. The summed E-state index contributed by atoms with van der Waals surface area (Å²) in [6.07, 6.45) is 0. The zero-order chi connectivity index (χ0) is 14.0. The Morgan fingerprint density at radius 3 is 2.16 bits per heavy atom. The minimum Gasteiger partial charge on any atom is -0.506 e. The van der Waals surface area contributed by atoms with E-state index >= 15 is 0 Å². The van der Waals surface area contributed by atoms with Crippen molar-refractivity contribution in [3.8, 4) is 5.75 Å². The van der Waals surface area contributed by atoms with E-state index in [0.717, 1.165) is 0 Å². The number of aromatic hydroxyl groups is 1. The highest BCUT2D eigenvalue weighted by molar-refractivity contribution is 9.11. The standard InChI is InChI=1S/C13H10Br2N2O2/c14-10-5-9(6-11(15)12(10)18)17-13(19)7-1-3-8(16)4-2-7/h1-6,18H,16H2,(H,17,19). The Labute approximate surface area is 126 Å². The number of nitrogens with two attached hydrogens (primary N) is 1. The van der Waals surface area contributed by atoms with Gasteiger partial charge < -0.3 is 16.2 Å². The summed E-state index contributed by atoms with van der Waals surface area (Å²) in [5, 5.41) is 12.3. The summed E-state index contributed by atoms with van der Waals surface area (Å²) < 4.78 is 0.990. The molecule has 6 heteroatoms. The molecule has 2 rings (SSSR count). The second-order valence-corrected chi connectivity index (χ2v) is 5.57. The average Bonchev–Trinajstić information content (AvgIpc) is 2.36. The number of rotatable bonds is 2. The number of nitrogen functional groups attached to an aromatic ring is 1. The summed E-state index contributed by atoms with van der Waals surface area (Å²) in [4.78, 5) is 12.0. The van der Waals surface area contributed by atoms with Crippen molar-refractivity contribution in [2.45, 2.75) is 0 Å². The lowest BCUT2D eigenvalue weighted by atomic mass is 10.2. The number of amides is 1. The highest BCUT2D eigenvalue weighted by Crippen LogP contribution is 2.35. The quantitative estimate of drug-likeness (QED) is 0.544. The summed E-state index contributed by atoms with van der Waals surface area (Å²) >= 11 is 6.41. The number of phenolic OH excluding ortho intramolecular Hbond substituents is 1. The van der Waals surface area contributed by atoms with Gasteiger partial charge in [-0.2, -0.15) is 0 Å². The van der Waals surface area contributed by atoms with E-state index in [4.69, 9.17) is 5.73 Å². The highest BCUT2D eigenvalue weighted by atomic mass is 79.9. The molecule has 2 aromatic rings. The van der Waals surface area contributed by atoms with Gasteiger partial charge in [0.15, 0.2) is 0 Å². The number of nitrogens with one attached hydrogen (secondary N) is 1. The monoisotopic (exact) mass is 384 g/mol. The number of benzene rings is 2. The molecule has 4 nitrogen and oxygen atoms in total. The van der Waals surface area contributed by atoms with Crippen LogP contribution >= 0.6 is 31.9 Å². The molecule has 0 aromatic heterocycles. The van der Waals surface area contributed by atoms with E-state index in [9.17, 15) is 9.90 Å². The van der Waals surface area contributed by atoms with Crippen molar-refractivity contribution in [1.82, 2.24) is 0 Å². The van der Waals surface area contributed by atoms with Crippen molar-refractivity contribution >= 4 is 49.1 Å². The van der Waals surface area contributed by atoms with Crippen LogP contribution in [0.1, 0.15) is 10.4 Å². The van der Waals surface area contributed by atoms with Gasteiger partial charge in [-0.3, -0.25) is 4.79 Å². The van der Waals surface area contributed by atoms with Crippen LogP contribution in [-0.4, -0.2) is 11.0 Å². The average molecular weight is 386 g/mol. The lowest BCUT2D eigenvalue weighted by molar-refractivity contribution is 0.102. The van der Waals surface area contributed by atoms with Gasteiger partial charge in [0, 0.05) is 16.9 Å². The van der Waals surface area contributed by atoms with Gasteiger partial charge >= 0.3 is 0 Å². The summed E-state index contributed by atoms with van der Waals surface area (Å²) in [6, 6.07) is 9.87. The Hall–Kier alpha value is -1.53. The van der Waals surface area contributed by atoms with E-state index in [2.05, 4.69) is 37.2 Å². The first-order valence-corrected chi connectivity index (χ1v) is 6.91. The maximum atomic E-state index is 12.0. The minimum atomic E-state index is -0.246. The zero-order valence-electron chi connectivity index (χ0n) is 9.65. The smallest absolute Gasteiger partial charge is 0.255 e. The number of hydrogen-bond donors (Lipinski definition) is 3. The normalized spacial score (nSPS) is 10.2. The van der Waals surface area contributed by atoms with Gasteiger partial charge in [-0.1, -0.05) is 0 Å². The Morgan fingerprint density at radius 1 is 1.11 bits per heavy atom. The predicted octanol–water partition coefficient (Wildman–Crippen LogP) is 3.75. The van der Waals surface area contributed by atoms with Gasteiger partial charge in [-0.05, 0) is 68.3 Å². The van der Waals surface area contributed by atoms with Crippen molar-refractivity contribution < 1.29 is 9.90 Å². The van der Waals surface area contributed by atoms with Crippen molar-refractivity contribution in [1.29, 1.82) is 0 Å². The first-order valence-electron chi connectivity index (χ1n) is 5.32. The number of phenols is 1. The Balaban J connectivity index is 2.22. The molecule has 0 aliphatic rings. The van der Waals surface area contributed by atoms with Crippen LogP contribution in [0.25, 0.3) is 0 Å². The van der Waals surface area contributed by atoms with E-state index < -0.39 is 0 Å². The third kappa shape index (κ3) is 3.27. The Kier molecular flexibility index (Phi) is 4.11. The Morgan fingerprint density at radius 2 is 1.63 bits per heavy atom.